The number of hydrogen-bond donors (Lipinski definition) is 2. The molecule has 9 nitrogen and oxygen atoms in total. The van der Waals surface area contributed by atoms with Crippen LogP contribution in [0.2, 0.25) is 0 Å². The molecule has 204 valence electrons. The van der Waals surface area contributed by atoms with Crippen molar-refractivity contribution in [1.82, 2.24) is 19.6 Å². The number of carbonyl (C=O) groups is 1. The molecule has 0 radical (unpaired) electrons. The molecule has 0 saturated carbocycles. The number of nitrogens with two attached hydrogens (primary N) is 1. The normalized spacial score (nSPS) is 17.4. The highest BCUT2D eigenvalue weighted by molar-refractivity contribution is 6.09. The predicted molar refractivity (Wildman–Crippen MR) is 142 cm³/mol. The summed E-state index contributed by atoms with van der Waals surface area (Å²) in [7, 11) is 0. The van der Waals surface area contributed by atoms with E-state index < -0.39 is 34.6 Å². The molecular formula is C27H28F3N7O2. The molecule has 1 aliphatic rings. The van der Waals surface area contributed by atoms with Gasteiger partial charge >= 0.3 is 0 Å². The molecule has 1 amide bonds. The van der Waals surface area contributed by atoms with Gasteiger partial charge in [-0.3, -0.25) is 14.3 Å². The molecule has 12 heteroatoms. The molecule has 1 aliphatic heterocycles. The lowest BCUT2D eigenvalue weighted by Gasteiger charge is -2.24. The Bertz CT molecular complexity index is 1630. The first kappa shape index (κ1) is 26.4. The number of amides is 1. The number of anilines is 2. The number of aryl methyl sites for hydroxylation is 1. The lowest BCUT2D eigenvalue weighted by molar-refractivity contribution is 0.102. The van der Waals surface area contributed by atoms with Crippen molar-refractivity contribution >= 4 is 28.2 Å². The highest BCUT2D eigenvalue weighted by Gasteiger charge is 2.32. The van der Waals surface area contributed by atoms with Gasteiger partial charge in [-0.15, -0.1) is 0 Å². The van der Waals surface area contributed by atoms with Crippen molar-refractivity contribution in [2.45, 2.75) is 39.8 Å². The zero-order valence-corrected chi connectivity index (χ0v) is 21.9. The van der Waals surface area contributed by atoms with Crippen LogP contribution in [0, 0.1) is 30.3 Å². The number of para-hydroxylation sites is 1. The van der Waals surface area contributed by atoms with Gasteiger partial charge in [-0.05, 0) is 44.9 Å². The number of nitrogens with one attached hydrogen (secondary N) is 1. The van der Waals surface area contributed by atoms with Gasteiger partial charge in [0.2, 0.25) is 0 Å². The zero-order valence-electron chi connectivity index (χ0n) is 21.9. The van der Waals surface area contributed by atoms with Gasteiger partial charge in [0.15, 0.2) is 17.5 Å². The van der Waals surface area contributed by atoms with Gasteiger partial charge in [0.25, 0.3) is 11.5 Å². The van der Waals surface area contributed by atoms with Crippen LogP contribution in [0.1, 0.15) is 43.0 Å². The fourth-order valence-corrected chi connectivity index (χ4v) is 5.00. The number of carbonyl (C=O) groups excluding carboxylic acids is 1. The molecule has 0 spiro atoms. The third kappa shape index (κ3) is 4.54. The van der Waals surface area contributed by atoms with Crippen molar-refractivity contribution in [2.24, 2.45) is 11.7 Å². The van der Waals surface area contributed by atoms with E-state index in [1.165, 1.54) is 6.07 Å². The first-order valence-corrected chi connectivity index (χ1v) is 12.6. The molecule has 4 aromatic rings. The van der Waals surface area contributed by atoms with Gasteiger partial charge in [-0.25, -0.2) is 13.2 Å². The Labute approximate surface area is 222 Å². The Morgan fingerprint density at radius 2 is 1.74 bits per heavy atom. The van der Waals surface area contributed by atoms with Gasteiger partial charge in [0, 0.05) is 37.3 Å². The summed E-state index contributed by atoms with van der Waals surface area (Å²) in [6.45, 7) is 8.64. The number of halogens is 3. The Balaban J connectivity index is 1.63. The monoisotopic (exact) mass is 539 g/mol. The van der Waals surface area contributed by atoms with E-state index in [0.717, 1.165) is 30.3 Å². The van der Waals surface area contributed by atoms with E-state index in [4.69, 9.17) is 5.73 Å². The van der Waals surface area contributed by atoms with E-state index in [2.05, 4.69) is 15.5 Å². The largest absolute Gasteiger partial charge is 0.367 e. The molecule has 0 bridgehead atoms. The van der Waals surface area contributed by atoms with Crippen molar-refractivity contribution in [3.8, 4) is 5.69 Å². The average Bonchev–Trinajstić information content (AvgIpc) is 3.39. The topological polar surface area (TPSA) is 111 Å². The predicted octanol–water partition coefficient (Wildman–Crippen LogP) is 3.92. The van der Waals surface area contributed by atoms with Crippen LogP contribution in [-0.4, -0.2) is 44.6 Å². The van der Waals surface area contributed by atoms with Crippen molar-refractivity contribution in [2.75, 3.05) is 23.3 Å². The maximum atomic E-state index is 15.6. The molecule has 39 heavy (non-hydrogen) atoms. The van der Waals surface area contributed by atoms with Crippen LogP contribution in [0.4, 0.5) is 24.5 Å². The lowest BCUT2D eigenvalue weighted by atomic mass is 10.1. The molecular weight excluding hydrogens is 511 g/mol. The van der Waals surface area contributed by atoms with E-state index in [9.17, 15) is 18.4 Å². The van der Waals surface area contributed by atoms with E-state index in [1.807, 2.05) is 25.7 Å². The Hall–Kier alpha value is -4.19. The van der Waals surface area contributed by atoms with Crippen molar-refractivity contribution in [1.29, 1.82) is 0 Å². The molecule has 3 heterocycles. The van der Waals surface area contributed by atoms with Crippen LogP contribution in [-0.2, 0) is 0 Å². The van der Waals surface area contributed by atoms with Crippen LogP contribution in [0.15, 0.2) is 41.2 Å². The Morgan fingerprint density at radius 3 is 2.36 bits per heavy atom. The third-order valence-corrected chi connectivity index (χ3v) is 6.98. The number of benzene rings is 2. The van der Waals surface area contributed by atoms with Crippen molar-refractivity contribution in [3.63, 3.8) is 0 Å². The summed E-state index contributed by atoms with van der Waals surface area (Å²) in [5, 5.41) is 11.7. The van der Waals surface area contributed by atoms with Gasteiger partial charge in [0.05, 0.1) is 22.5 Å². The maximum absolute atomic E-state index is 15.6. The van der Waals surface area contributed by atoms with E-state index in [-0.39, 0.29) is 29.4 Å². The first-order chi connectivity index (χ1) is 18.5. The van der Waals surface area contributed by atoms with E-state index in [1.54, 1.807) is 11.6 Å². The van der Waals surface area contributed by atoms with Gasteiger partial charge in [-0.1, -0.05) is 13.0 Å². The minimum Gasteiger partial charge on any atom is -0.367 e. The molecule has 1 fully saturated rings. The number of rotatable bonds is 5. The summed E-state index contributed by atoms with van der Waals surface area (Å²) >= 11 is 0. The standard InChI is InChI=1S/C27H28F3N7O2/c1-13(2)36-25-18(30)10-21(26(23(25)15(4)33-36)35-11-14(3)19(31)12-35)32-27(39)20-8-9-22(38)37(34-20)24-16(28)6-5-7-17(24)29/h5-10,13-14,19H,11-12,31H2,1-4H3,(H,32,39)/t14-,19+/m1/s1. The van der Waals surface area contributed by atoms with Crippen molar-refractivity contribution in [3.05, 3.63) is 75.6 Å². The highest BCUT2D eigenvalue weighted by Crippen LogP contribution is 2.41. The number of fused-ring (bicyclic) bond motifs is 1. The van der Waals surface area contributed by atoms with Crippen LogP contribution >= 0.6 is 0 Å². The third-order valence-electron chi connectivity index (χ3n) is 6.98. The van der Waals surface area contributed by atoms with Crippen LogP contribution in [0.3, 0.4) is 0 Å². The van der Waals surface area contributed by atoms with E-state index in [0.29, 0.717) is 40.1 Å². The van der Waals surface area contributed by atoms with Gasteiger partial charge in [-0.2, -0.15) is 14.9 Å². The van der Waals surface area contributed by atoms with Crippen molar-refractivity contribution < 1.29 is 18.0 Å². The van der Waals surface area contributed by atoms with Gasteiger partial charge < -0.3 is 16.0 Å². The summed E-state index contributed by atoms with van der Waals surface area (Å²) in [4.78, 5) is 27.7. The SMILES string of the molecule is Cc1nn(C(C)C)c2c(F)cc(NC(=O)c3ccc(=O)n(-c4c(F)cccc4F)n3)c(N3C[C@@H](C)[C@@H](N)C3)c12. The summed E-state index contributed by atoms with van der Waals surface area (Å²) in [6, 6.07) is 6.19. The summed E-state index contributed by atoms with van der Waals surface area (Å²) in [5.41, 5.74) is 6.08. The summed E-state index contributed by atoms with van der Waals surface area (Å²) in [6.07, 6.45) is 0. The Kier molecular flexibility index (Phi) is 6.67. The minimum absolute atomic E-state index is 0.118. The molecule has 5 rings (SSSR count). The molecule has 1 saturated heterocycles. The zero-order chi connectivity index (χ0) is 28.2. The Morgan fingerprint density at radius 1 is 1.05 bits per heavy atom. The average molecular weight is 540 g/mol. The number of aromatic nitrogens is 4. The smallest absolute Gasteiger partial charge is 0.276 e. The quantitative estimate of drug-likeness (QED) is 0.398. The number of hydrogen-bond acceptors (Lipinski definition) is 6. The van der Waals surface area contributed by atoms with E-state index >= 15 is 4.39 Å². The second kappa shape index (κ2) is 9.84. The molecule has 2 atom stereocenters. The van der Waals surface area contributed by atoms with Crippen LogP contribution in [0.5, 0.6) is 0 Å². The lowest BCUT2D eigenvalue weighted by Crippen LogP contribution is -2.29. The molecule has 2 aromatic heterocycles. The summed E-state index contributed by atoms with van der Waals surface area (Å²) in [5.74, 6) is -3.27. The van der Waals surface area contributed by atoms with Crippen LogP contribution < -0.4 is 21.5 Å². The fraction of sp³-hybridized carbons (Fsp3) is 0.333. The van der Waals surface area contributed by atoms with Crippen LogP contribution in [0.25, 0.3) is 16.6 Å². The first-order valence-electron chi connectivity index (χ1n) is 12.6. The fourth-order valence-electron chi connectivity index (χ4n) is 5.00. The highest BCUT2D eigenvalue weighted by atomic mass is 19.1. The molecule has 0 unspecified atom stereocenters. The second-order valence-corrected chi connectivity index (χ2v) is 10.1. The van der Waals surface area contributed by atoms with Gasteiger partial charge in [0.1, 0.15) is 16.9 Å². The second-order valence-electron chi connectivity index (χ2n) is 10.1. The minimum atomic E-state index is -1.02. The maximum Gasteiger partial charge on any atom is 0.276 e. The molecule has 2 aromatic carbocycles. The summed E-state index contributed by atoms with van der Waals surface area (Å²) < 4.78 is 46.4. The number of nitrogens with zero attached hydrogens (tertiary/aromatic N) is 5. The molecule has 3 N–H and O–H groups in total. The molecule has 0 aliphatic carbocycles.